The Kier molecular flexibility index (Phi) is 4.61. The van der Waals surface area contributed by atoms with Gasteiger partial charge in [-0.15, -0.1) is 0 Å². The van der Waals surface area contributed by atoms with Gasteiger partial charge in [-0.3, -0.25) is 0 Å². The second kappa shape index (κ2) is 6.04. The number of aryl methyl sites for hydroxylation is 1. The van der Waals surface area contributed by atoms with E-state index in [2.05, 4.69) is 15.9 Å². The van der Waals surface area contributed by atoms with Crippen LogP contribution in [-0.4, -0.2) is 0 Å². The molecule has 0 aliphatic rings. The molecule has 4 heteroatoms. The fourth-order valence-electron chi connectivity index (χ4n) is 1.95. The number of hydrogen-bond donors (Lipinski definition) is 1. The lowest BCUT2D eigenvalue weighted by Crippen LogP contribution is -2.14. The van der Waals surface area contributed by atoms with Gasteiger partial charge >= 0.3 is 0 Å². The first-order valence-corrected chi connectivity index (χ1v) is 7.10. The smallest absolute Gasteiger partial charge is 0.123 e. The van der Waals surface area contributed by atoms with E-state index < -0.39 is 0 Å². The lowest BCUT2D eigenvalue weighted by Gasteiger charge is -2.14. The molecule has 0 aliphatic heterocycles. The van der Waals surface area contributed by atoms with Crippen LogP contribution in [0.15, 0.2) is 40.9 Å². The van der Waals surface area contributed by atoms with Gasteiger partial charge in [0.15, 0.2) is 0 Å². The summed E-state index contributed by atoms with van der Waals surface area (Å²) in [6, 6.07) is 10.2. The molecule has 0 bridgehead atoms. The summed E-state index contributed by atoms with van der Waals surface area (Å²) in [5.74, 6) is -0.252. The molecule has 1 unspecified atom stereocenters. The molecule has 0 fully saturated rings. The summed E-state index contributed by atoms with van der Waals surface area (Å²) in [5.41, 5.74) is 9.03. The Balaban J connectivity index is 2.22. The van der Waals surface area contributed by atoms with E-state index in [-0.39, 0.29) is 11.9 Å². The van der Waals surface area contributed by atoms with Crippen molar-refractivity contribution in [2.45, 2.75) is 19.4 Å². The monoisotopic (exact) mass is 341 g/mol. The van der Waals surface area contributed by atoms with Crippen molar-refractivity contribution in [3.63, 3.8) is 0 Å². The Morgan fingerprint density at radius 3 is 2.68 bits per heavy atom. The standard InChI is InChI=1S/C15H14BrClFN/c1-9-6-10(2-5-14(9)17)15(19)8-11-7-12(18)3-4-13(11)16/h2-7,15H,8,19H2,1H3. The van der Waals surface area contributed by atoms with Gasteiger partial charge in [0.25, 0.3) is 0 Å². The van der Waals surface area contributed by atoms with Crippen LogP contribution in [0.3, 0.4) is 0 Å². The number of hydrogen-bond acceptors (Lipinski definition) is 1. The van der Waals surface area contributed by atoms with Gasteiger partial charge in [0.05, 0.1) is 0 Å². The molecule has 0 spiro atoms. The maximum absolute atomic E-state index is 13.2. The highest BCUT2D eigenvalue weighted by Crippen LogP contribution is 2.25. The molecule has 19 heavy (non-hydrogen) atoms. The van der Waals surface area contributed by atoms with Crippen molar-refractivity contribution in [1.82, 2.24) is 0 Å². The summed E-state index contributed by atoms with van der Waals surface area (Å²) in [7, 11) is 0. The molecule has 100 valence electrons. The SMILES string of the molecule is Cc1cc(C(N)Cc2cc(F)ccc2Br)ccc1Cl. The predicted molar refractivity (Wildman–Crippen MR) is 80.9 cm³/mol. The topological polar surface area (TPSA) is 26.0 Å². The van der Waals surface area contributed by atoms with Crippen molar-refractivity contribution in [2.75, 3.05) is 0 Å². The van der Waals surface area contributed by atoms with Gasteiger partial charge < -0.3 is 5.73 Å². The van der Waals surface area contributed by atoms with Crippen LogP contribution in [0.1, 0.15) is 22.7 Å². The molecule has 0 radical (unpaired) electrons. The molecule has 1 atom stereocenters. The maximum Gasteiger partial charge on any atom is 0.123 e. The summed E-state index contributed by atoms with van der Waals surface area (Å²) in [6.07, 6.45) is 0.569. The normalized spacial score (nSPS) is 12.5. The third-order valence-electron chi connectivity index (χ3n) is 3.06. The minimum atomic E-state index is -0.252. The molecule has 0 saturated carbocycles. The number of nitrogens with two attached hydrogens (primary N) is 1. The lowest BCUT2D eigenvalue weighted by molar-refractivity contribution is 0.621. The minimum Gasteiger partial charge on any atom is -0.324 e. The fraction of sp³-hybridized carbons (Fsp3) is 0.200. The summed E-state index contributed by atoms with van der Waals surface area (Å²) >= 11 is 9.41. The predicted octanol–water partition coefficient (Wildman–Crippen LogP) is 4.79. The Hall–Kier alpha value is -0.900. The van der Waals surface area contributed by atoms with Gasteiger partial charge in [0, 0.05) is 15.5 Å². The van der Waals surface area contributed by atoms with E-state index in [0.717, 1.165) is 26.2 Å². The van der Waals surface area contributed by atoms with Crippen molar-refractivity contribution >= 4 is 27.5 Å². The third kappa shape index (κ3) is 3.56. The summed E-state index contributed by atoms with van der Waals surface area (Å²) in [6.45, 7) is 1.94. The van der Waals surface area contributed by atoms with E-state index in [1.54, 1.807) is 6.07 Å². The van der Waals surface area contributed by atoms with Crippen molar-refractivity contribution in [3.05, 3.63) is 68.4 Å². The van der Waals surface area contributed by atoms with Crippen LogP contribution in [0.5, 0.6) is 0 Å². The van der Waals surface area contributed by atoms with Crippen LogP contribution in [0.2, 0.25) is 5.02 Å². The minimum absolute atomic E-state index is 0.186. The third-order valence-corrected chi connectivity index (χ3v) is 4.26. The van der Waals surface area contributed by atoms with E-state index in [1.165, 1.54) is 12.1 Å². The number of halogens is 3. The Morgan fingerprint density at radius 1 is 1.26 bits per heavy atom. The maximum atomic E-state index is 13.2. The van der Waals surface area contributed by atoms with Crippen molar-refractivity contribution < 1.29 is 4.39 Å². The van der Waals surface area contributed by atoms with Gasteiger partial charge in [-0.25, -0.2) is 4.39 Å². The molecule has 2 aromatic rings. The average molecular weight is 343 g/mol. The second-order valence-corrected chi connectivity index (χ2v) is 5.82. The molecule has 0 saturated heterocycles. The summed E-state index contributed by atoms with van der Waals surface area (Å²) in [5, 5.41) is 0.725. The van der Waals surface area contributed by atoms with Crippen molar-refractivity contribution in [1.29, 1.82) is 0 Å². The van der Waals surface area contributed by atoms with Crippen LogP contribution >= 0.6 is 27.5 Å². The number of benzene rings is 2. The molecule has 0 heterocycles. The van der Waals surface area contributed by atoms with Crippen LogP contribution in [-0.2, 0) is 6.42 Å². The van der Waals surface area contributed by atoms with Crippen LogP contribution in [0.4, 0.5) is 4.39 Å². The zero-order valence-electron chi connectivity index (χ0n) is 10.5. The first-order valence-electron chi connectivity index (χ1n) is 5.93. The van der Waals surface area contributed by atoms with Crippen LogP contribution in [0, 0.1) is 12.7 Å². The largest absolute Gasteiger partial charge is 0.324 e. The van der Waals surface area contributed by atoms with E-state index >= 15 is 0 Å². The Labute approximate surface area is 125 Å². The molecule has 1 nitrogen and oxygen atoms in total. The van der Waals surface area contributed by atoms with Crippen molar-refractivity contribution in [2.24, 2.45) is 5.73 Å². The Bertz CT molecular complexity index is 601. The molecule has 0 aromatic heterocycles. The second-order valence-electron chi connectivity index (χ2n) is 4.55. The molecule has 2 rings (SSSR count). The zero-order chi connectivity index (χ0) is 14.0. The molecule has 0 amide bonds. The van der Waals surface area contributed by atoms with E-state index in [1.807, 2.05) is 25.1 Å². The summed E-state index contributed by atoms with van der Waals surface area (Å²) in [4.78, 5) is 0. The lowest BCUT2D eigenvalue weighted by atomic mass is 9.98. The van der Waals surface area contributed by atoms with Gasteiger partial charge in [0.2, 0.25) is 0 Å². The highest BCUT2D eigenvalue weighted by atomic mass is 79.9. The van der Waals surface area contributed by atoms with Crippen molar-refractivity contribution in [3.8, 4) is 0 Å². The fourth-order valence-corrected chi connectivity index (χ4v) is 2.48. The van der Waals surface area contributed by atoms with E-state index in [4.69, 9.17) is 17.3 Å². The highest BCUT2D eigenvalue weighted by Gasteiger charge is 2.11. The molecule has 2 N–H and O–H groups in total. The molecule has 0 aliphatic carbocycles. The van der Waals surface area contributed by atoms with E-state index in [9.17, 15) is 4.39 Å². The van der Waals surface area contributed by atoms with E-state index in [0.29, 0.717) is 6.42 Å². The first kappa shape index (κ1) is 14.5. The summed E-state index contributed by atoms with van der Waals surface area (Å²) < 4.78 is 14.1. The molecular formula is C15H14BrClFN. The zero-order valence-corrected chi connectivity index (χ0v) is 12.8. The quantitative estimate of drug-likeness (QED) is 0.852. The highest BCUT2D eigenvalue weighted by molar-refractivity contribution is 9.10. The average Bonchev–Trinajstić information content (AvgIpc) is 2.37. The van der Waals surface area contributed by atoms with Gasteiger partial charge in [-0.05, 0) is 54.3 Å². The van der Waals surface area contributed by atoms with Gasteiger partial charge in [-0.2, -0.15) is 0 Å². The van der Waals surface area contributed by atoms with Crippen LogP contribution < -0.4 is 5.73 Å². The number of rotatable bonds is 3. The van der Waals surface area contributed by atoms with Crippen LogP contribution in [0.25, 0.3) is 0 Å². The van der Waals surface area contributed by atoms with Gasteiger partial charge in [0.1, 0.15) is 5.82 Å². The Morgan fingerprint density at radius 2 is 2.00 bits per heavy atom. The van der Waals surface area contributed by atoms with Gasteiger partial charge in [-0.1, -0.05) is 39.7 Å². The molecule has 2 aromatic carbocycles. The first-order chi connectivity index (χ1) is 8.97. The molecular weight excluding hydrogens is 329 g/mol.